The Kier molecular flexibility index (Phi) is 3.48. The zero-order chi connectivity index (χ0) is 10.6. The fraction of sp³-hybridized carbons (Fsp3) is 0.300. The van der Waals surface area contributed by atoms with E-state index in [9.17, 15) is 4.79 Å². The van der Waals surface area contributed by atoms with Crippen molar-refractivity contribution in [3.8, 4) is 0 Å². The number of anilines is 1. The molecule has 76 valence electrons. The maximum Gasteiger partial charge on any atom is 0.321 e. The second-order valence-corrected chi connectivity index (χ2v) is 3.13. The molecule has 0 aliphatic rings. The minimum Gasteiger partial charge on any atom is -0.480 e. The molecule has 0 heterocycles. The summed E-state index contributed by atoms with van der Waals surface area (Å²) in [6.07, 6.45) is 0.464. The number of nitrogens with one attached hydrogen (secondary N) is 1. The number of nitrogens with two attached hydrogens (primary N) is 1. The van der Waals surface area contributed by atoms with E-state index >= 15 is 0 Å². The van der Waals surface area contributed by atoms with Crippen LogP contribution >= 0.6 is 0 Å². The monoisotopic (exact) mass is 194 g/mol. The fourth-order valence-corrected chi connectivity index (χ4v) is 1.20. The van der Waals surface area contributed by atoms with Crippen LogP contribution in [0.25, 0.3) is 0 Å². The molecule has 1 atom stereocenters. The van der Waals surface area contributed by atoms with E-state index in [4.69, 9.17) is 10.8 Å². The predicted molar refractivity (Wildman–Crippen MR) is 55.0 cm³/mol. The van der Waals surface area contributed by atoms with Gasteiger partial charge in [-0.2, -0.15) is 0 Å². The molecule has 0 bridgehead atoms. The number of carboxylic acid groups (broad SMARTS) is 1. The lowest BCUT2D eigenvalue weighted by Gasteiger charge is -2.10. The van der Waals surface area contributed by atoms with E-state index in [1.165, 1.54) is 0 Å². The standard InChI is InChI=1S/C10H14N2O2/c1-12-9(10(13)14)6-7-2-4-8(11)5-3-7/h2-5,9,12H,6,11H2,1H3,(H,13,14). The lowest BCUT2D eigenvalue weighted by Crippen LogP contribution is -2.35. The Morgan fingerprint density at radius 3 is 2.50 bits per heavy atom. The molecular weight excluding hydrogens is 180 g/mol. The first kappa shape index (κ1) is 10.5. The minimum atomic E-state index is -0.843. The Morgan fingerprint density at radius 1 is 1.50 bits per heavy atom. The predicted octanol–water partition coefficient (Wildman–Crippen LogP) is 0.484. The number of hydrogen-bond acceptors (Lipinski definition) is 3. The van der Waals surface area contributed by atoms with Gasteiger partial charge in [-0.1, -0.05) is 12.1 Å². The summed E-state index contributed by atoms with van der Waals surface area (Å²) in [4.78, 5) is 10.7. The van der Waals surface area contributed by atoms with Crippen LogP contribution < -0.4 is 11.1 Å². The van der Waals surface area contributed by atoms with Crippen molar-refractivity contribution in [3.63, 3.8) is 0 Å². The van der Waals surface area contributed by atoms with Crippen molar-refractivity contribution in [2.24, 2.45) is 0 Å². The van der Waals surface area contributed by atoms with Gasteiger partial charge in [-0.05, 0) is 31.2 Å². The van der Waals surface area contributed by atoms with Gasteiger partial charge in [0, 0.05) is 5.69 Å². The van der Waals surface area contributed by atoms with Crippen LogP contribution in [0.2, 0.25) is 0 Å². The van der Waals surface area contributed by atoms with Crippen molar-refractivity contribution >= 4 is 11.7 Å². The molecule has 1 aromatic carbocycles. The highest BCUT2D eigenvalue weighted by Gasteiger charge is 2.14. The SMILES string of the molecule is CNC(Cc1ccc(N)cc1)C(=O)O. The summed E-state index contributed by atoms with van der Waals surface area (Å²) < 4.78 is 0. The van der Waals surface area contributed by atoms with Gasteiger partial charge in [0.1, 0.15) is 6.04 Å². The van der Waals surface area contributed by atoms with E-state index in [-0.39, 0.29) is 0 Å². The number of benzene rings is 1. The third-order valence-corrected chi connectivity index (χ3v) is 2.07. The molecule has 4 N–H and O–H groups in total. The summed E-state index contributed by atoms with van der Waals surface area (Å²) in [6, 6.07) is 6.66. The number of hydrogen-bond donors (Lipinski definition) is 3. The maximum atomic E-state index is 10.7. The van der Waals surface area contributed by atoms with E-state index in [2.05, 4.69) is 5.32 Å². The molecule has 1 rings (SSSR count). The third kappa shape index (κ3) is 2.74. The van der Waals surface area contributed by atoms with Crippen LogP contribution in [0, 0.1) is 0 Å². The van der Waals surface area contributed by atoms with E-state index in [0.717, 1.165) is 5.56 Å². The summed E-state index contributed by atoms with van der Waals surface area (Å²) in [6.45, 7) is 0. The second kappa shape index (κ2) is 4.62. The van der Waals surface area contributed by atoms with Gasteiger partial charge in [0.25, 0.3) is 0 Å². The number of rotatable bonds is 4. The van der Waals surface area contributed by atoms with Crippen LogP contribution in [-0.4, -0.2) is 24.2 Å². The zero-order valence-corrected chi connectivity index (χ0v) is 8.03. The topological polar surface area (TPSA) is 75.3 Å². The van der Waals surface area contributed by atoms with Crippen LogP contribution in [0.5, 0.6) is 0 Å². The molecule has 0 saturated carbocycles. The van der Waals surface area contributed by atoms with E-state index in [1.807, 2.05) is 12.1 Å². The summed E-state index contributed by atoms with van der Waals surface area (Å²) in [5.41, 5.74) is 7.16. The van der Waals surface area contributed by atoms with Crippen LogP contribution in [0.4, 0.5) is 5.69 Å². The molecule has 4 nitrogen and oxygen atoms in total. The van der Waals surface area contributed by atoms with Gasteiger partial charge in [-0.25, -0.2) is 0 Å². The van der Waals surface area contributed by atoms with Crippen LogP contribution in [0.1, 0.15) is 5.56 Å². The van der Waals surface area contributed by atoms with Gasteiger partial charge in [-0.15, -0.1) is 0 Å². The lowest BCUT2D eigenvalue weighted by atomic mass is 10.1. The summed E-state index contributed by atoms with van der Waals surface area (Å²) in [7, 11) is 1.64. The van der Waals surface area contributed by atoms with Crippen LogP contribution in [0.15, 0.2) is 24.3 Å². The Morgan fingerprint density at radius 2 is 2.07 bits per heavy atom. The molecule has 1 aromatic rings. The van der Waals surface area contributed by atoms with Crippen molar-refractivity contribution in [2.75, 3.05) is 12.8 Å². The maximum absolute atomic E-state index is 10.7. The van der Waals surface area contributed by atoms with Crippen molar-refractivity contribution in [1.29, 1.82) is 0 Å². The number of aliphatic carboxylic acids is 1. The average Bonchev–Trinajstić information content (AvgIpc) is 2.16. The van der Waals surface area contributed by atoms with Gasteiger partial charge in [0.15, 0.2) is 0 Å². The van der Waals surface area contributed by atoms with Gasteiger partial charge >= 0.3 is 5.97 Å². The first-order chi connectivity index (χ1) is 6.63. The smallest absolute Gasteiger partial charge is 0.321 e. The molecule has 0 amide bonds. The second-order valence-electron chi connectivity index (χ2n) is 3.13. The summed E-state index contributed by atoms with van der Waals surface area (Å²) >= 11 is 0. The minimum absolute atomic E-state index is 0.464. The van der Waals surface area contributed by atoms with E-state index in [0.29, 0.717) is 12.1 Å². The first-order valence-electron chi connectivity index (χ1n) is 4.38. The quantitative estimate of drug-likeness (QED) is 0.609. The number of carbonyl (C=O) groups is 1. The van der Waals surface area contributed by atoms with Crippen molar-refractivity contribution in [3.05, 3.63) is 29.8 Å². The van der Waals surface area contributed by atoms with Crippen molar-refractivity contribution in [1.82, 2.24) is 5.32 Å². The largest absolute Gasteiger partial charge is 0.480 e. The zero-order valence-electron chi connectivity index (χ0n) is 8.03. The Labute approximate surface area is 82.7 Å². The lowest BCUT2D eigenvalue weighted by molar-refractivity contribution is -0.139. The molecule has 0 spiro atoms. The number of nitrogen functional groups attached to an aromatic ring is 1. The molecular formula is C10H14N2O2. The van der Waals surface area contributed by atoms with Gasteiger partial charge in [0.05, 0.1) is 0 Å². The van der Waals surface area contributed by atoms with Crippen LogP contribution in [-0.2, 0) is 11.2 Å². The molecule has 1 unspecified atom stereocenters. The molecule has 0 aromatic heterocycles. The van der Waals surface area contributed by atoms with Gasteiger partial charge < -0.3 is 16.2 Å². The molecule has 0 aliphatic heterocycles. The summed E-state index contributed by atoms with van der Waals surface area (Å²) in [5.74, 6) is -0.843. The molecule has 0 fully saturated rings. The highest BCUT2D eigenvalue weighted by atomic mass is 16.4. The molecule has 0 aliphatic carbocycles. The average molecular weight is 194 g/mol. The molecule has 0 radical (unpaired) electrons. The Hall–Kier alpha value is -1.55. The van der Waals surface area contributed by atoms with E-state index in [1.54, 1.807) is 19.2 Å². The number of carboxylic acids is 1. The van der Waals surface area contributed by atoms with Gasteiger partial charge in [-0.3, -0.25) is 4.79 Å². The highest BCUT2D eigenvalue weighted by molar-refractivity contribution is 5.73. The first-order valence-corrected chi connectivity index (χ1v) is 4.38. The molecule has 4 heteroatoms. The molecule has 0 saturated heterocycles. The van der Waals surface area contributed by atoms with Crippen molar-refractivity contribution < 1.29 is 9.90 Å². The normalized spacial score (nSPS) is 12.4. The third-order valence-electron chi connectivity index (χ3n) is 2.07. The molecule has 14 heavy (non-hydrogen) atoms. The van der Waals surface area contributed by atoms with Gasteiger partial charge in [0.2, 0.25) is 0 Å². The highest BCUT2D eigenvalue weighted by Crippen LogP contribution is 2.07. The summed E-state index contributed by atoms with van der Waals surface area (Å²) in [5, 5.41) is 11.5. The number of likely N-dealkylation sites (N-methyl/N-ethyl adjacent to an activating group) is 1. The van der Waals surface area contributed by atoms with Crippen molar-refractivity contribution in [2.45, 2.75) is 12.5 Å². The Bertz CT molecular complexity index is 308. The Balaban J connectivity index is 2.67. The van der Waals surface area contributed by atoms with E-state index < -0.39 is 12.0 Å². The fourth-order valence-electron chi connectivity index (χ4n) is 1.20. The van der Waals surface area contributed by atoms with Crippen LogP contribution in [0.3, 0.4) is 0 Å².